The third-order valence-electron chi connectivity index (χ3n) is 4.31. The highest BCUT2D eigenvalue weighted by Gasteiger charge is 2.32. The predicted molar refractivity (Wildman–Crippen MR) is 85.0 cm³/mol. The largest absolute Gasteiger partial charge is 0.305 e. The van der Waals surface area contributed by atoms with Crippen LogP contribution in [0.2, 0.25) is 0 Å². The number of aromatic nitrogens is 2. The van der Waals surface area contributed by atoms with Crippen molar-refractivity contribution >= 4 is 0 Å². The molecule has 0 saturated carbocycles. The molecule has 1 aliphatic heterocycles. The lowest BCUT2D eigenvalue weighted by Gasteiger charge is -2.41. The van der Waals surface area contributed by atoms with Crippen molar-refractivity contribution in [2.24, 2.45) is 0 Å². The van der Waals surface area contributed by atoms with Gasteiger partial charge in [0, 0.05) is 44.5 Å². The molecule has 4 heteroatoms. The molecule has 112 valence electrons. The molecular weight excluding hydrogens is 260 g/mol. The number of nitrogens with one attached hydrogen (secondary N) is 1. The van der Waals surface area contributed by atoms with Gasteiger partial charge in [0.1, 0.15) is 0 Å². The fraction of sp³-hybridized carbons (Fsp3) is 0.471. The highest BCUT2D eigenvalue weighted by atomic mass is 15.3. The minimum Gasteiger partial charge on any atom is -0.305 e. The molecule has 1 aromatic carbocycles. The molecule has 1 unspecified atom stereocenters. The van der Waals surface area contributed by atoms with E-state index in [4.69, 9.17) is 0 Å². The zero-order valence-corrected chi connectivity index (χ0v) is 12.9. The average molecular weight is 284 g/mol. The molecule has 2 heterocycles. The number of benzene rings is 1. The van der Waals surface area contributed by atoms with Gasteiger partial charge in [-0.05, 0) is 19.4 Å². The minimum absolute atomic E-state index is 0.0280. The van der Waals surface area contributed by atoms with Gasteiger partial charge in [-0.15, -0.1) is 0 Å². The Balaban J connectivity index is 1.71. The van der Waals surface area contributed by atoms with Crippen LogP contribution in [0.5, 0.6) is 0 Å². The van der Waals surface area contributed by atoms with E-state index in [1.165, 1.54) is 11.1 Å². The van der Waals surface area contributed by atoms with Gasteiger partial charge in [0.15, 0.2) is 0 Å². The molecule has 1 aliphatic rings. The van der Waals surface area contributed by atoms with E-state index in [9.17, 15) is 0 Å². The Labute approximate surface area is 126 Å². The molecule has 1 N–H and O–H groups in total. The van der Waals surface area contributed by atoms with Crippen molar-refractivity contribution in [3.8, 4) is 0 Å². The monoisotopic (exact) mass is 284 g/mol. The molecule has 0 bridgehead atoms. The van der Waals surface area contributed by atoms with Gasteiger partial charge in [-0.1, -0.05) is 30.3 Å². The van der Waals surface area contributed by atoms with Crippen molar-refractivity contribution in [1.29, 1.82) is 0 Å². The zero-order valence-electron chi connectivity index (χ0n) is 12.9. The molecular formula is C17H24N4. The van der Waals surface area contributed by atoms with E-state index in [1.807, 2.05) is 10.9 Å². The van der Waals surface area contributed by atoms with E-state index >= 15 is 0 Å². The number of piperazine rings is 1. The van der Waals surface area contributed by atoms with Crippen LogP contribution in [0.15, 0.2) is 42.7 Å². The molecule has 1 atom stereocenters. The van der Waals surface area contributed by atoms with Crippen LogP contribution < -0.4 is 5.32 Å². The molecule has 0 spiro atoms. The summed E-state index contributed by atoms with van der Waals surface area (Å²) in [6.45, 7) is 9.45. The van der Waals surface area contributed by atoms with Crippen molar-refractivity contribution in [2.75, 3.05) is 19.6 Å². The smallest absolute Gasteiger partial charge is 0.0535 e. The van der Waals surface area contributed by atoms with Crippen LogP contribution in [-0.4, -0.2) is 34.3 Å². The fourth-order valence-electron chi connectivity index (χ4n) is 3.13. The molecule has 2 aromatic rings. The average Bonchev–Trinajstić information content (AvgIpc) is 2.96. The van der Waals surface area contributed by atoms with Crippen LogP contribution >= 0.6 is 0 Å². The van der Waals surface area contributed by atoms with Crippen molar-refractivity contribution in [2.45, 2.75) is 32.5 Å². The van der Waals surface area contributed by atoms with Crippen LogP contribution in [-0.2, 0) is 18.6 Å². The lowest BCUT2D eigenvalue weighted by atomic mass is 9.89. The van der Waals surface area contributed by atoms with Gasteiger partial charge in [0.25, 0.3) is 0 Å². The first-order valence-electron chi connectivity index (χ1n) is 7.74. The third kappa shape index (κ3) is 3.17. The van der Waals surface area contributed by atoms with Crippen molar-refractivity contribution in [3.05, 3.63) is 53.9 Å². The number of aryl methyl sites for hydroxylation is 1. The molecule has 4 nitrogen and oxygen atoms in total. The summed E-state index contributed by atoms with van der Waals surface area (Å²) >= 11 is 0. The first-order valence-corrected chi connectivity index (χ1v) is 7.74. The summed E-state index contributed by atoms with van der Waals surface area (Å²) in [5, 5.41) is 8.05. The van der Waals surface area contributed by atoms with Crippen LogP contribution in [0.4, 0.5) is 0 Å². The molecule has 1 fully saturated rings. The van der Waals surface area contributed by atoms with E-state index in [0.29, 0.717) is 0 Å². The number of nitrogens with zero attached hydrogens (tertiary/aromatic N) is 3. The van der Waals surface area contributed by atoms with Gasteiger partial charge in [0.05, 0.1) is 11.7 Å². The van der Waals surface area contributed by atoms with E-state index in [-0.39, 0.29) is 5.54 Å². The van der Waals surface area contributed by atoms with Crippen LogP contribution in [0.3, 0.4) is 0 Å². The summed E-state index contributed by atoms with van der Waals surface area (Å²) in [7, 11) is 0. The highest BCUT2D eigenvalue weighted by molar-refractivity contribution is 5.25. The van der Waals surface area contributed by atoms with E-state index in [0.717, 1.165) is 32.7 Å². The lowest BCUT2D eigenvalue weighted by Crippen LogP contribution is -2.56. The summed E-state index contributed by atoms with van der Waals surface area (Å²) in [6, 6.07) is 10.7. The SMILES string of the molecule is CCn1cc(CN2CCNC(C)(c3ccccc3)C2)cn1. The Hall–Kier alpha value is -1.65. The summed E-state index contributed by atoms with van der Waals surface area (Å²) in [5.41, 5.74) is 2.69. The Kier molecular flexibility index (Phi) is 4.08. The maximum absolute atomic E-state index is 4.37. The van der Waals surface area contributed by atoms with Gasteiger partial charge in [0.2, 0.25) is 0 Å². The van der Waals surface area contributed by atoms with Gasteiger partial charge in [-0.25, -0.2) is 0 Å². The standard InChI is InChI=1S/C17H24N4/c1-3-21-13-15(11-19-21)12-20-10-9-18-17(2,14-20)16-7-5-4-6-8-16/h4-8,11,13,18H,3,9-10,12,14H2,1-2H3. The van der Waals surface area contributed by atoms with Gasteiger partial charge in [-0.2, -0.15) is 5.10 Å². The third-order valence-corrected chi connectivity index (χ3v) is 4.31. The number of hydrogen-bond acceptors (Lipinski definition) is 3. The van der Waals surface area contributed by atoms with Crippen LogP contribution in [0.1, 0.15) is 25.0 Å². The number of hydrogen-bond donors (Lipinski definition) is 1. The van der Waals surface area contributed by atoms with Crippen molar-refractivity contribution in [1.82, 2.24) is 20.0 Å². The maximum Gasteiger partial charge on any atom is 0.0535 e. The Bertz CT molecular complexity index is 577. The quantitative estimate of drug-likeness (QED) is 0.934. The van der Waals surface area contributed by atoms with Gasteiger partial charge >= 0.3 is 0 Å². The summed E-state index contributed by atoms with van der Waals surface area (Å²) < 4.78 is 1.99. The first-order chi connectivity index (χ1) is 10.2. The normalized spacial score (nSPS) is 23.3. The van der Waals surface area contributed by atoms with E-state index in [1.54, 1.807) is 0 Å². The topological polar surface area (TPSA) is 33.1 Å². The zero-order chi connectivity index (χ0) is 14.7. The molecule has 3 rings (SSSR count). The molecule has 0 amide bonds. The second-order valence-corrected chi connectivity index (χ2v) is 6.04. The highest BCUT2D eigenvalue weighted by Crippen LogP contribution is 2.25. The Morgan fingerprint density at radius 2 is 2.10 bits per heavy atom. The summed E-state index contributed by atoms with van der Waals surface area (Å²) in [4.78, 5) is 2.51. The maximum atomic E-state index is 4.37. The Morgan fingerprint density at radius 3 is 2.81 bits per heavy atom. The molecule has 21 heavy (non-hydrogen) atoms. The Morgan fingerprint density at radius 1 is 1.29 bits per heavy atom. The number of rotatable bonds is 4. The molecule has 1 aromatic heterocycles. The van der Waals surface area contributed by atoms with Crippen LogP contribution in [0, 0.1) is 0 Å². The van der Waals surface area contributed by atoms with Crippen molar-refractivity contribution in [3.63, 3.8) is 0 Å². The molecule has 1 saturated heterocycles. The van der Waals surface area contributed by atoms with Crippen LogP contribution in [0.25, 0.3) is 0 Å². The minimum atomic E-state index is 0.0280. The fourth-order valence-corrected chi connectivity index (χ4v) is 3.13. The predicted octanol–water partition coefficient (Wildman–Crippen LogP) is 2.22. The van der Waals surface area contributed by atoms with Gasteiger partial charge in [-0.3, -0.25) is 9.58 Å². The second-order valence-electron chi connectivity index (χ2n) is 6.04. The molecule has 0 aliphatic carbocycles. The summed E-state index contributed by atoms with van der Waals surface area (Å²) in [5.74, 6) is 0. The second kappa shape index (κ2) is 6.00. The van der Waals surface area contributed by atoms with E-state index in [2.05, 4.69) is 65.7 Å². The van der Waals surface area contributed by atoms with E-state index < -0.39 is 0 Å². The first kappa shape index (κ1) is 14.3. The lowest BCUT2D eigenvalue weighted by molar-refractivity contribution is 0.136. The van der Waals surface area contributed by atoms with Gasteiger partial charge < -0.3 is 5.32 Å². The summed E-state index contributed by atoms with van der Waals surface area (Å²) in [6.07, 6.45) is 4.15. The van der Waals surface area contributed by atoms with Crippen molar-refractivity contribution < 1.29 is 0 Å². The molecule has 0 radical (unpaired) electrons.